The molecule has 2 aromatic carbocycles. The van der Waals surface area contributed by atoms with Crippen molar-refractivity contribution in [3.05, 3.63) is 89.7 Å². The molecule has 35 heavy (non-hydrogen) atoms. The molecular formula is C29H34N4O2. The molecular weight excluding hydrogens is 436 g/mol. The van der Waals surface area contributed by atoms with Crippen LogP contribution in [0.25, 0.3) is 0 Å². The fourth-order valence-corrected chi connectivity index (χ4v) is 6.54. The van der Waals surface area contributed by atoms with Gasteiger partial charge >= 0.3 is 0 Å². The van der Waals surface area contributed by atoms with Crippen LogP contribution in [0, 0.1) is 11.8 Å². The van der Waals surface area contributed by atoms with Crippen LogP contribution in [0.3, 0.4) is 0 Å². The van der Waals surface area contributed by atoms with Gasteiger partial charge in [0.25, 0.3) is 5.91 Å². The van der Waals surface area contributed by atoms with Crippen LogP contribution in [0.1, 0.15) is 59.3 Å². The molecule has 6 rings (SSSR count). The summed E-state index contributed by atoms with van der Waals surface area (Å²) in [6.07, 6.45) is 8.59. The lowest BCUT2D eigenvalue weighted by Crippen LogP contribution is -2.35. The summed E-state index contributed by atoms with van der Waals surface area (Å²) in [5.74, 6) is 1.33. The van der Waals surface area contributed by atoms with Gasteiger partial charge < -0.3 is 15.3 Å². The van der Waals surface area contributed by atoms with E-state index in [1.54, 1.807) is 0 Å². The summed E-state index contributed by atoms with van der Waals surface area (Å²) < 4.78 is 2.09. The number of likely N-dealkylation sites (tertiary alicyclic amines) is 1. The molecule has 1 saturated carbocycles. The lowest BCUT2D eigenvalue weighted by Gasteiger charge is -2.21. The van der Waals surface area contributed by atoms with E-state index in [9.17, 15) is 9.90 Å². The fourth-order valence-electron chi connectivity index (χ4n) is 6.54. The van der Waals surface area contributed by atoms with Crippen LogP contribution in [-0.4, -0.2) is 50.9 Å². The fraction of sp³-hybridized carbons (Fsp3) is 0.448. The molecule has 5 unspecified atom stereocenters. The number of nitrogens with zero attached hydrogens (tertiary/aromatic N) is 3. The smallest absolute Gasteiger partial charge is 0.253 e. The number of hydrogen-bond acceptors (Lipinski definition) is 4. The van der Waals surface area contributed by atoms with Crippen molar-refractivity contribution in [2.75, 3.05) is 13.1 Å². The first-order valence-corrected chi connectivity index (χ1v) is 13.0. The highest BCUT2D eigenvalue weighted by atomic mass is 16.3. The van der Waals surface area contributed by atoms with Gasteiger partial charge in [-0.05, 0) is 73.3 Å². The Morgan fingerprint density at radius 2 is 1.74 bits per heavy atom. The van der Waals surface area contributed by atoms with Crippen molar-refractivity contribution in [2.45, 2.75) is 56.3 Å². The maximum absolute atomic E-state index is 13.2. The Bertz CT molecular complexity index is 1120. The SMILES string of the molecule is O=C(c1ccc(CC2CCC(C(O)c3ccccc3)N2)cc1)N1CC2CC(n3cccn3)CC2C1. The van der Waals surface area contributed by atoms with Gasteiger partial charge in [0.2, 0.25) is 0 Å². The molecule has 3 aliphatic rings. The van der Waals surface area contributed by atoms with Crippen LogP contribution < -0.4 is 5.32 Å². The van der Waals surface area contributed by atoms with Crippen LogP contribution in [0.5, 0.6) is 0 Å². The van der Waals surface area contributed by atoms with Gasteiger partial charge in [-0.3, -0.25) is 9.48 Å². The van der Waals surface area contributed by atoms with Gasteiger partial charge in [-0.15, -0.1) is 0 Å². The van der Waals surface area contributed by atoms with E-state index < -0.39 is 6.10 Å². The van der Waals surface area contributed by atoms with E-state index in [0.29, 0.717) is 23.9 Å². The molecule has 1 aliphatic carbocycles. The molecule has 2 aliphatic heterocycles. The number of carbonyl (C=O) groups is 1. The molecule has 2 N–H and O–H groups in total. The third-order valence-corrected chi connectivity index (χ3v) is 8.39. The number of benzene rings is 2. The Kier molecular flexibility index (Phi) is 6.17. The van der Waals surface area contributed by atoms with E-state index in [4.69, 9.17) is 0 Å². The van der Waals surface area contributed by atoms with Gasteiger partial charge in [0, 0.05) is 43.1 Å². The van der Waals surface area contributed by atoms with E-state index in [0.717, 1.165) is 56.3 Å². The number of rotatable bonds is 6. The summed E-state index contributed by atoms with van der Waals surface area (Å²) in [5, 5.41) is 18.8. The Balaban J connectivity index is 1.01. The van der Waals surface area contributed by atoms with Crippen LogP contribution in [0.4, 0.5) is 0 Å². The first-order chi connectivity index (χ1) is 17.1. The molecule has 1 aromatic heterocycles. The lowest BCUT2D eigenvalue weighted by atomic mass is 10.0. The van der Waals surface area contributed by atoms with Crippen LogP contribution in [-0.2, 0) is 6.42 Å². The van der Waals surface area contributed by atoms with E-state index >= 15 is 0 Å². The van der Waals surface area contributed by atoms with E-state index in [2.05, 4.69) is 38.3 Å². The van der Waals surface area contributed by atoms with Crippen molar-refractivity contribution in [2.24, 2.45) is 11.8 Å². The number of aromatic nitrogens is 2. The van der Waals surface area contributed by atoms with E-state index in [-0.39, 0.29) is 11.9 Å². The molecule has 3 aromatic rings. The van der Waals surface area contributed by atoms with E-state index in [1.165, 1.54) is 5.56 Å². The quantitative estimate of drug-likeness (QED) is 0.571. The number of carbonyl (C=O) groups excluding carboxylic acids is 1. The van der Waals surface area contributed by atoms with Crippen molar-refractivity contribution in [3.8, 4) is 0 Å². The Hall–Kier alpha value is -2.96. The zero-order valence-corrected chi connectivity index (χ0v) is 20.0. The molecule has 0 bridgehead atoms. The van der Waals surface area contributed by atoms with Gasteiger partial charge in [0.05, 0.1) is 12.1 Å². The van der Waals surface area contributed by atoms with E-state index in [1.807, 2.05) is 54.7 Å². The van der Waals surface area contributed by atoms with Crippen LogP contribution >= 0.6 is 0 Å². The molecule has 0 spiro atoms. The number of aliphatic hydroxyl groups excluding tert-OH is 1. The molecule has 2 saturated heterocycles. The standard InChI is InChI=1S/C29H34N4O2/c34-28(21-5-2-1-3-6-21)27-12-11-25(31-27)15-20-7-9-22(10-8-20)29(35)32-18-23-16-26(17-24(23)19-32)33-14-4-13-30-33/h1-10,13-14,23-28,31,34H,11-12,15-19H2. The second-order valence-corrected chi connectivity index (χ2v) is 10.6. The molecule has 5 atom stereocenters. The zero-order chi connectivity index (χ0) is 23.8. The minimum absolute atomic E-state index is 0.0887. The number of amides is 1. The third-order valence-electron chi connectivity index (χ3n) is 8.39. The van der Waals surface area contributed by atoms with Gasteiger partial charge in [0.1, 0.15) is 0 Å². The number of hydrogen-bond donors (Lipinski definition) is 2. The number of nitrogens with one attached hydrogen (secondary N) is 1. The summed E-state index contributed by atoms with van der Waals surface area (Å²) in [7, 11) is 0. The molecule has 3 fully saturated rings. The van der Waals surface area contributed by atoms with Crippen molar-refractivity contribution < 1.29 is 9.90 Å². The minimum Gasteiger partial charge on any atom is -0.387 e. The van der Waals surface area contributed by atoms with Crippen molar-refractivity contribution in [1.29, 1.82) is 0 Å². The molecule has 0 radical (unpaired) electrons. The average Bonchev–Trinajstić information content (AvgIpc) is 3.68. The average molecular weight is 471 g/mol. The maximum Gasteiger partial charge on any atom is 0.253 e. The van der Waals surface area contributed by atoms with Gasteiger partial charge in [-0.2, -0.15) is 5.10 Å². The van der Waals surface area contributed by atoms with Crippen molar-refractivity contribution in [1.82, 2.24) is 20.0 Å². The van der Waals surface area contributed by atoms with Crippen molar-refractivity contribution >= 4 is 5.91 Å². The van der Waals surface area contributed by atoms with Gasteiger partial charge in [-0.1, -0.05) is 42.5 Å². The first-order valence-electron chi connectivity index (χ1n) is 13.0. The normalized spacial score (nSPS) is 28.8. The topological polar surface area (TPSA) is 70.4 Å². The summed E-state index contributed by atoms with van der Waals surface area (Å²) >= 11 is 0. The molecule has 6 nitrogen and oxygen atoms in total. The number of aliphatic hydroxyl groups is 1. The molecule has 3 heterocycles. The van der Waals surface area contributed by atoms with Crippen LogP contribution in [0.15, 0.2) is 73.1 Å². The highest BCUT2D eigenvalue weighted by Gasteiger charge is 2.43. The first kappa shape index (κ1) is 22.5. The predicted octanol–water partition coefficient (Wildman–Crippen LogP) is 4.00. The highest BCUT2D eigenvalue weighted by molar-refractivity contribution is 5.94. The zero-order valence-electron chi connectivity index (χ0n) is 20.0. The largest absolute Gasteiger partial charge is 0.387 e. The Morgan fingerprint density at radius 1 is 1.00 bits per heavy atom. The molecule has 182 valence electrons. The number of fused-ring (bicyclic) bond motifs is 1. The highest BCUT2D eigenvalue weighted by Crippen LogP contribution is 2.43. The summed E-state index contributed by atoms with van der Waals surface area (Å²) in [6.45, 7) is 1.72. The Labute approximate surface area is 207 Å². The van der Waals surface area contributed by atoms with Gasteiger partial charge in [-0.25, -0.2) is 0 Å². The summed E-state index contributed by atoms with van der Waals surface area (Å²) in [5.41, 5.74) is 2.99. The summed E-state index contributed by atoms with van der Waals surface area (Å²) in [4.78, 5) is 15.2. The summed E-state index contributed by atoms with van der Waals surface area (Å²) in [6, 6.07) is 21.0. The Morgan fingerprint density at radius 3 is 2.43 bits per heavy atom. The monoisotopic (exact) mass is 470 g/mol. The third kappa shape index (κ3) is 4.65. The molecule has 1 amide bonds. The minimum atomic E-state index is -0.476. The van der Waals surface area contributed by atoms with Crippen LogP contribution in [0.2, 0.25) is 0 Å². The second-order valence-electron chi connectivity index (χ2n) is 10.6. The maximum atomic E-state index is 13.2. The second kappa shape index (κ2) is 9.59. The van der Waals surface area contributed by atoms with Gasteiger partial charge in [0.15, 0.2) is 0 Å². The lowest BCUT2D eigenvalue weighted by molar-refractivity contribution is 0.0778. The predicted molar refractivity (Wildman–Crippen MR) is 135 cm³/mol. The molecule has 6 heteroatoms. The van der Waals surface area contributed by atoms with Crippen molar-refractivity contribution in [3.63, 3.8) is 0 Å².